The fraction of sp³-hybridized carbons (Fsp3) is 0.105. The number of nitrogens with one attached hydrogen (secondary N) is 2. The highest BCUT2D eigenvalue weighted by Crippen LogP contribution is 2.28. The van der Waals surface area contributed by atoms with Gasteiger partial charge in [-0.15, -0.1) is 0 Å². The molecule has 3 aromatic rings. The average molecular weight is 349 g/mol. The summed E-state index contributed by atoms with van der Waals surface area (Å²) in [7, 11) is 1.55. The average Bonchev–Trinajstić information content (AvgIpc) is 3.09. The quantitative estimate of drug-likeness (QED) is 0.705. The number of methoxy groups -OCH3 is 1. The standard InChI is InChI=1S/C19H15N3O4/c1-25-16-4-2-3-13-9-15(26-17(13)16)11-21-18(23)19(24)22-14-7-5-12(10-20)6-8-14/h2-9H,11H2,1H3,(H,21,23)(H,22,24). The summed E-state index contributed by atoms with van der Waals surface area (Å²) in [6.07, 6.45) is 0. The Bertz CT molecular complexity index is 1000. The van der Waals surface area contributed by atoms with Crippen LogP contribution in [0.2, 0.25) is 0 Å². The predicted molar refractivity (Wildman–Crippen MR) is 94.4 cm³/mol. The molecular weight excluding hydrogens is 334 g/mol. The number of furan rings is 1. The van der Waals surface area contributed by atoms with E-state index in [2.05, 4.69) is 10.6 Å². The zero-order valence-corrected chi connectivity index (χ0v) is 13.9. The van der Waals surface area contributed by atoms with Gasteiger partial charge in [-0.25, -0.2) is 0 Å². The van der Waals surface area contributed by atoms with E-state index >= 15 is 0 Å². The van der Waals surface area contributed by atoms with E-state index in [-0.39, 0.29) is 6.54 Å². The van der Waals surface area contributed by atoms with E-state index in [4.69, 9.17) is 14.4 Å². The second kappa shape index (κ2) is 7.40. The summed E-state index contributed by atoms with van der Waals surface area (Å²) in [4.78, 5) is 23.9. The second-order valence-corrected chi connectivity index (χ2v) is 5.42. The molecule has 0 unspecified atom stereocenters. The molecule has 3 rings (SSSR count). The van der Waals surface area contributed by atoms with Crippen LogP contribution >= 0.6 is 0 Å². The molecule has 0 bridgehead atoms. The van der Waals surface area contributed by atoms with Gasteiger partial charge < -0.3 is 19.8 Å². The number of ether oxygens (including phenoxy) is 1. The highest BCUT2D eigenvalue weighted by molar-refractivity contribution is 6.39. The fourth-order valence-corrected chi connectivity index (χ4v) is 2.40. The zero-order chi connectivity index (χ0) is 18.5. The van der Waals surface area contributed by atoms with Gasteiger partial charge in [-0.1, -0.05) is 12.1 Å². The fourth-order valence-electron chi connectivity index (χ4n) is 2.40. The summed E-state index contributed by atoms with van der Waals surface area (Å²) in [6.45, 7) is 0.0669. The lowest BCUT2D eigenvalue weighted by Crippen LogP contribution is -2.34. The molecule has 0 aliphatic heterocycles. The first-order valence-electron chi connectivity index (χ1n) is 7.75. The van der Waals surface area contributed by atoms with Gasteiger partial charge in [-0.3, -0.25) is 9.59 Å². The van der Waals surface area contributed by atoms with Gasteiger partial charge >= 0.3 is 11.8 Å². The molecule has 0 radical (unpaired) electrons. The lowest BCUT2D eigenvalue weighted by Gasteiger charge is -2.05. The number of amides is 2. The number of hydrogen-bond donors (Lipinski definition) is 2. The Morgan fingerprint density at radius 3 is 2.62 bits per heavy atom. The van der Waals surface area contributed by atoms with Crippen molar-refractivity contribution in [1.82, 2.24) is 5.32 Å². The molecule has 2 N–H and O–H groups in total. The predicted octanol–water partition coefficient (Wildman–Crippen LogP) is 2.57. The van der Waals surface area contributed by atoms with Crippen molar-refractivity contribution in [1.29, 1.82) is 5.26 Å². The van der Waals surface area contributed by atoms with Crippen LogP contribution < -0.4 is 15.4 Å². The number of fused-ring (bicyclic) bond motifs is 1. The van der Waals surface area contributed by atoms with E-state index in [0.29, 0.717) is 28.3 Å². The van der Waals surface area contributed by atoms with Crippen LogP contribution in [-0.4, -0.2) is 18.9 Å². The smallest absolute Gasteiger partial charge is 0.313 e. The van der Waals surface area contributed by atoms with E-state index in [9.17, 15) is 9.59 Å². The Kier molecular flexibility index (Phi) is 4.85. The summed E-state index contributed by atoms with van der Waals surface area (Å²) in [6, 6.07) is 15.4. The van der Waals surface area contributed by atoms with Gasteiger partial charge in [0.1, 0.15) is 5.76 Å². The van der Waals surface area contributed by atoms with Crippen LogP contribution in [0.5, 0.6) is 5.75 Å². The van der Waals surface area contributed by atoms with E-state index in [0.717, 1.165) is 5.39 Å². The van der Waals surface area contributed by atoms with Crippen molar-refractivity contribution < 1.29 is 18.7 Å². The molecule has 0 aliphatic carbocycles. The number of para-hydroxylation sites is 1. The van der Waals surface area contributed by atoms with Crippen LogP contribution in [0.1, 0.15) is 11.3 Å². The van der Waals surface area contributed by atoms with Gasteiger partial charge in [0.15, 0.2) is 11.3 Å². The van der Waals surface area contributed by atoms with Gasteiger partial charge in [-0.2, -0.15) is 5.26 Å². The zero-order valence-electron chi connectivity index (χ0n) is 13.9. The van der Waals surface area contributed by atoms with Crippen LogP contribution in [0.25, 0.3) is 11.0 Å². The molecule has 7 heteroatoms. The van der Waals surface area contributed by atoms with Gasteiger partial charge in [0.25, 0.3) is 0 Å². The van der Waals surface area contributed by atoms with Crippen molar-refractivity contribution >= 4 is 28.5 Å². The molecule has 0 saturated carbocycles. The number of hydrogen-bond acceptors (Lipinski definition) is 5. The van der Waals surface area contributed by atoms with Gasteiger partial charge in [-0.05, 0) is 36.4 Å². The largest absolute Gasteiger partial charge is 0.493 e. The number of benzene rings is 2. The van der Waals surface area contributed by atoms with E-state index in [1.165, 1.54) is 0 Å². The molecule has 7 nitrogen and oxygen atoms in total. The second-order valence-electron chi connectivity index (χ2n) is 5.42. The molecular formula is C19H15N3O4. The van der Waals surface area contributed by atoms with E-state index in [1.54, 1.807) is 43.5 Å². The SMILES string of the molecule is COc1cccc2cc(CNC(=O)C(=O)Nc3ccc(C#N)cc3)oc12. The minimum absolute atomic E-state index is 0.0669. The van der Waals surface area contributed by atoms with Crippen LogP contribution in [0.4, 0.5) is 5.69 Å². The molecule has 2 amide bonds. The van der Waals surface area contributed by atoms with Gasteiger partial charge in [0.2, 0.25) is 0 Å². The minimum atomic E-state index is -0.802. The molecule has 0 aliphatic rings. The number of rotatable bonds is 4. The summed E-state index contributed by atoms with van der Waals surface area (Å²) in [5, 5.41) is 14.6. The first-order chi connectivity index (χ1) is 12.6. The summed E-state index contributed by atoms with van der Waals surface area (Å²) < 4.78 is 10.9. The lowest BCUT2D eigenvalue weighted by atomic mass is 10.2. The van der Waals surface area contributed by atoms with Crippen LogP contribution in [0.3, 0.4) is 0 Å². The number of carbonyl (C=O) groups excluding carboxylic acids is 2. The Morgan fingerprint density at radius 1 is 1.15 bits per heavy atom. The van der Waals surface area contributed by atoms with E-state index < -0.39 is 11.8 Å². The first-order valence-corrected chi connectivity index (χ1v) is 7.75. The van der Waals surface area contributed by atoms with Crippen molar-refractivity contribution in [3.05, 3.63) is 59.9 Å². The Morgan fingerprint density at radius 2 is 1.92 bits per heavy atom. The molecule has 0 saturated heterocycles. The Labute approximate surface area is 149 Å². The highest BCUT2D eigenvalue weighted by atomic mass is 16.5. The normalized spacial score (nSPS) is 10.2. The maximum Gasteiger partial charge on any atom is 0.313 e. The van der Waals surface area contributed by atoms with Crippen molar-refractivity contribution in [2.75, 3.05) is 12.4 Å². The lowest BCUT2D eigenvalue weighted by molar-refractivity contribution is -0.136. The minimum Gasteiger partial charge on any atom is -0.493 e. The van der Waals surface area contributed by atoms with Crippen LogP contribution in [0.15, 0.2) is 52.9 Å². The van der Waals surface area contributed by atoms with Crippen molar-refractivity contribution in [3.63, 3.8) is 0 Å². The Balaban J connectivity index is 1.61. The summed E-state index contributed by atoms with van der Waals surface area (Å²) >= 11 is 0. The van der Waals surface area contributed by atoms with Gasteiger partial charge in [0.05, 0.1) is 25.3 Å². The third-order valence-corrected chi connectivity index (χ3v) is 3.68. The molecule has 2 aromatic carbocycles. The maximum atomic E-state index is 11.9. The summed E-state index contributed by atoms with van der Waals surface area (Å²) in [5.41, 5.74) is 1.48. The molecule has 130 valence electrons. The van der Waals surface area contributed by atoms with Crippen molar-refractivity contribution in [3.8, 4) is 11.8 Å². The number of nitrogens with zero attached hydrogens (tertiary/aromatic N) is 1. The third-order valence-electron chi connectivity index (χ3n) is 3.68. The molecule has 0 fully saturated rings. The third kappa shape index (κ3) is 3.65. The van der Waals surface area contributed by atoms with Crippen LogP contribution in [-0.2, 0) is 16.1 Å². The van der Waals surface area contributed by atoms with Crippen LogP contribution in [0, 0.1) is 11.3 Å². The number of anilines is 1. The van der Waals surface area contributed by atoms with Crippen molar-refractivity contribution in [2.24, 2.45) is 0 Å². The Hall–Kier alpha value is -3.79. The highest BCUT2D eigenvalue weighted by Gasteiger charge is 2.15. The molecule has 26 heavy (non-hydrogen) atoms. The number of nitriles is 1. The summed E-state index contributed by atoms with van der Waals surface area (Å²) in [5.74, 6) is -0.493. The molecule has 0 atom stereocenters. The first kappa shape index (κ1) is 17.0. The maximum absolute atomic E-state index is 11.9. The van der Waals surface area contributed by atoms with Crippen molar-refractivity contribution in [2.45, 2.75) is 6.54 Å². The topological polar surface area (TPSA) is 104 Å². The van der Waals surface area contributed by atoms with Gasteiger partial charge in [0, 0.05) is 11.1 Å². The molecule has 1 heterocycles. The monoisotopic (exact) mass is 349 g/mol. The molecule has 0 spiro atoms. The number of carbonyl (C=O) groups is 2. The molecule has 1 aromatic heterocycles. The van der Waals surface area contributed by atoms with E-state index in [1.807, 2.05) is 18.2 Å².